The molecule has 0 bridgehead atoms. The van der Waals surface area contributed by atoms with E-state index in [2.05, 4.69) is 4.99 Å². The molecule has 0 aliphatic carbocycles. The molecule has 0 amide bonds. The summed E-state index contributed by atoms with van der Waals surface area (Å²) in [5.74, 6) is -0.531. The maximum absolute atomic E-state index is 14.2. The molecular weight excluding hydrogens is 385 g/mol. The number of hydrogen-bond donors (Lipinski definition) is 2. The highest BCUT2D eigenvalue weighted by atomic mass is 32.1. The normalized spacial score (nSPS) is 11.7. The van der Waals surface area contributed by atoms with Gasteiger partial charge in [-0.15, -0.1) is 11.3 Å². The van der Waals surface area contributed by atoms with Gasteiger partial charge in [-0.2, -0.15) is 5.26 Å². The monoisotopic (exact) mass is 407 g/mol. The minimum atomic E-state index is -0.888. The van der Waals surface area contributed by atoms with Gasteiger partial charge in [0.05, 0.1) is 17.7 Å². The number of halogens is 1. The van der Waals surface area contributed by atoms with E-state index in [0.29, 0.717) is 5.69 Å². The average molecular weight is 408 g/mol. The number of hydrogen-bond acceptors (Lipinski definition) is 5. The molecule has 0 spiro atoms. The van der Waals surface area contributed by atoms with Gasteiger partial charge >= 0.3 is 0 Å². The highest BCUT2D eigenvalue weighted by molar-refractivity contribution is 7.16. The lowest BCUT2D eigenvalue weighted by Crippen LogP contribution is -2.22. The zero-order valence-electron chi connectivity index (χ0n) is 16.5. The Bertz CT molecular complexity index is 1120. The number of nitrogen functional groups attached to an aromatic ring is 1. The minimum Gasteiger partial charge on any atom is -0.398 e. The third-order valence-corrected chi connectivity index (χ3v) is 5.41. The predicted molar refractivity (Wildman–Crippen MR) is 118 cm³/mol. The van der Waals surface area contributed by atoms with Crippen molar-refractivity contribution in [1.82, 2.24) is 0 Å². The molecule has 2 aromatic carbocycles. The Morgan fingerprint density at radius 3 is 2.59 bits per heavy atom. The molecule has 1 aromatic heterocycles. The van der Waals surface area contributed by atoms with Gasteiger partial charge in [-0.3, -0.25) is 4.99 Å². The van der Waals surface area contributed by atoms with Crippen molar-refractivity contribution in [1.29, 1.82) is 5.26 Å². The molecule has 4 nitrogen and oxygen atoms in total. The Morgan fingerprint density at radius 2 is 1.93 bits per heavy atom. The van der Waals surface area contributed by atoms with Crippen LogP contribution in [0, 0.1) is 24.1 Å². The van der Waals surface area contributed by atoms with Crippen LogP contribution in [-0.4, -0.2) is 23.5 Å². The molecule has 0 atom stereocenters. The second-order valence-corrected chi connectivity index (χ2v) is 8.79. The van der Waals surface area contributed by atoms with E-state index in [0.717, 1.165) is 32.0 Å². The second kappa shape index (κ2) is 8.16. The van der Waals surface area contributed by atoms with Crippen LogP contribution in [0.2, 0.25) is 0 Å². The summed E-state index contributed by atoms with van der Waals surface area (Å²) in [6, 6.07) is 14.2. The van der Waals surface area contributed by atoms with E-state index in [1.807, 2.05) is 37.3 Å². The first-order valence-electron chi connectivity index (χ1n) is 9.10. The lowest BCUT2D eigenvalue weighted by Gasteiger charge is -2.13. The fourth-order valence-corrected chi connectivity index (χ4v) is 3.94. The standard InChI is InChI=1S/C23H22FN3OS/c1-14-8-19(15-4-5-17(11-25)20(24)10-15)22(29-14)16-6-7-21(26)18(9-16)12-27-13-23(2,3)28/h4-10,12,28H,13,26H2,1-3H3. The Balaban J connectivity index is 2.03. The van der Waals surface area contributed by atoms with E-state index in [-0.39, 0.29) is 12.1 Å². The zero-order valence-corrected chi connectivity index (χ0v) is 17.3. The Hall–Kier alpha value is -3.01. The highest BCUT2D eigenvalue weighted by Crippen LogP contribution is 2.40. The summed E-state index contributed by atoms with van der Waals surface area (Å²) in [7, 11) is 0. The minimum absolute atomic E-state index is 0.0278. The van der Waals surface area contributed by atoms with E-state index in [1.165, 1.54) is 12.1 Å². The number of nitrogens with zero attached hydrogens (tertiary/aromatic N) is 2. The highest BCUT2D eigenvalue weighted by Gasteiger charge is 2.15. The molecule has 6 heteroatoms. The lowest BCUT2D eigenvalue weighted by molar-refractivity contribution is 0.0906. The van der Waals surface area contributed by atoms with E-state index in [1.54, 1.807) is 37.5 Å². The van der Waals surface area contributed by atoms with Crippen molar-refractivity contribution in [3.63, 3.8) is 0 Å². The number of anilines is 1. The third kappa shape index (κ3) is 4.89. The molecule has 0 aliphatic rings. The van der Waals surface area contributed by atoms with Crippen LogP contribution >= 0.6 is 11.3 Å². The first-order valence-corrected chi connectivity index (χ1v) is 9.92. The van der Waals surface area contributed by atoms with Crippen molar-refractivity contribution < 1.29 is 9.50 Å². The van der Waals surface area contributed by atoms with Crippen molar-refractivity contribution in [3.05, 3.63) is 64.3 Å². The molecule has 0 radical (unpaired) electrons. The van der Waals surface area contributed by atoms with Gasteiger partial charge in [0, 0.05) is 32.8 Å². The van der Waals surface area contributed by atoms with Crippen LogP contribution in [0.25, 0.3) is 21.6 Å². The summed E-state index contributed by atoms with van der Waals surface area (Å²) in [5.41, 5.74) is 9.15. The molecule has 3 N–H and O–H groups in total. The van der Waals surface area contributed by atoms with Crippen LogP contribution in [0.5, 0.6) is 0 Å². The third-order valence-electron chi connectivity index (χ3n) is 4.31. The van der Waals surface area contributed by atoms with Gasteiger partial charge in [0.25, 0.3) is 0 Å². The smallest absolute Gasteiger partial charge is 0.141 e. The molecule has 3 aromatic rings. The summed E-state index contributed by atoms with van der Waals surface area (Å²) < 4.78 is 14.2. The van der Waals surface area contributed by atoms with Crippen molar-refractivity contribution in [3.8, 4) is 27.6 Å². The maximum Gasteiger partial charge on any atom is 0.141 e. The van der Waals surface area contributed by atoms with Gasteiger partial charge < -0.3 is 10.8 Å². The lowest BCUT2D eigenvalue weighted by atomic mass is 9.99. The van der Waals surface area contributed by atoms with Gasteiger partial charge in [0.15, 0.2) is 0 Å². The van der Waals surface area contributed by atoms with E-state index in [4.69, 9.17) is 11.0 Å². The largest absolute Gasteiger partial charge is 0.398 e. The van der Waals surface area contributed by atoms with Crippen LogP contribution in [0.1, 0.15) is 29.9 Å². The van der Waals surface area contributed by atoms with Crippen molar-refractivity contribution in [2.24, 2.45) is 4.99 Å². The second-order valence-electron chi connectivity index (χ2n) is 7.53. The summed E-state index contributed by atoms with van der Waals surface area (Å²) in [6.07, 6.45) is 1.67. The van der Waals surface area contributed by atoms with Crippen molar-refractivity contribution in [2.75, 3.05) is 12.3 Å². The summed E-state index contributed by atoms with van der Waals surface area (Å²) in [4.78, 5) is 6.37. The first-order chi connectivity index (χ1) is 13.7. The molecule has 29 heavy (non-hydrogen) atoms. The molecule has 0 saturated heterocycles. The van der Waals surface area contributed by atoms with E-state index in [9.17, 15) is 9.50 Å². The van der Waals surface area contributed by atoms with Gasteiger partial charge in [0.1, 0.15) is 11.9 Å². The van der Waals surface area contributed by atoms with Gasteiger partial charge in [-0.25, -0.2) is 4.39 Å². The van der Waals surface area contributed by atoms with Crippen LogP contribution in [0.3, 0.4) is 0 Å². The fourth-order valence-electron chi connectivity index (χ4n) is 2.91. The number of nitrogens with two attached hydrogens (primary N) is 1. The SMILES string of the molecule is Cc1cc(-c2ccc(C#N)c(F)c2)c(-c2ccc(N)c(C=NCC(C)(C)O)c2)s1. The summed E-state index contributed by atoms with van der Waals surface area (Å²) >= 11 is 1.61. The summed E-state index contributed by atoms with van der Waals surface area (Å²) in [5, 5.41) is 18.8. The average Bonchev–Trinajstić information content (AvgIpc) is 3.04. The maximum atomic E-state index is 14.2. The zero-order chi connectivity index (χ0) is 21.2. The molecule has 0 fully saturated rings. The van der Waals surface area contributed by atoms with Crippen LogP contribution in [0.4, 0.5) is 10.1 Å². The molecular formula is C23H22FN3OS. The van der Waals surface area contributed by atoms with E-state index >= 15 is 0 Å². The van der Waals surface area contributed by atoms with Gasteiger partial charge in [-0.05, 0) is 62.2 Å². The molecule has 148 valence electrons. The number of thiophene rings is 1. The molecule has 0 aliphatic heterocycles. The Kier molecular flexibility index (Phi) is 5.83. The van der Waals surface area contributed by atoms with Crippen molar-refractivity contribution in [2.45, 2.75) is 26.4 Å². The van der Waals surface area contributed by atoms with Crippen LogP contribution in [0.15, 0.2) is 47.5 Å². The molecule has 3 rings (SSSR count). The summed E-state index contributed by atoms with van der Waals surface area (Å²) in [6.45, 7) is 5.66. The van der Waals surface area contributed by atoms with E-state index < -0.39 is 11.4 Å². The van der Waals surface area contributed by atoms with Gasteiger partial charge in [-0.1, -0.05) is 12.1 Å². The number of nitriles is 1. The fraction of sp³-hybridized carbons (Fsp3) is 0.217. The van der Waals surface area contributed by atoms with Crippen LogP contribution < -0.4 is 5.73 Å². The van der Waals surface area contributed by atoms with Crippen LogP contribution in [-0.2, 0) is 0 Å². The quantitative estimate of drug-likeness (QED) is 0.452. The Morgan fingerprint density at radius 1 is 1.21 bits per heavy atom. The number of aliphatic hydroxyl groups is 1. The molecule has 0 saturated carbocycles. The number of rotatable bonds is 5. The topological polar surface area (TPSA) is 82.4 Å². The number of benzene rings is 2. The van der Waals surface area contributed by atoms with Crippen molar-refractivity contribution >= 4 is 23.2 Å². The Labute approximate surface area is 173 Å². The molecule has 0 unspecified atom stereocenters. The predicted octanol–water partition coefficient (Wildman–Crippen LogP) is 5.17. The first kappa shape index (κ1) is 20.7. The number of aryl methyl sites for hydroxylation is 1. The number of aliphatic imine (C=N–C) groups is 1. The van der Waals surface area contributed by atoms with Gasteiger partial charge in [0.2, 0.25) is 0 Å². The molecule has 1 heterocycles.